The quantitative estimate of drug-likeness (QED) is 0.755. The highest BCUT2D eigenvalue weighted by atomic mass is 16.2. The molecule has 0 aliphatic carbocycles. The normalized spacial score (nSPS) is 18.0. The van der Waals surface area contributed by atoms with Gasteiger partial charge in [0.1, 0.15) is 0 Å². The van der Waals surface area contributed by atoms with Gasteiger partial charge in [0.2, 0.25) is 17.4 Å². The lowest BCUT2D eigenvalue weighted by atomic mass is 10.1. The first-order valence-electron chi connectivity index (χ1n) is 7.76. The highest BCUT2D eigenvalue weighted by Crippen LogP contribution is 2.13. The molecule has 1 aliphatic rings. The summed E-state index contributed by atoms with van der Waals surface area (Å²) in [6.45, 7) is 2.68. The topological polar surface area (TPSA) is 91.7 Å². The maximum Gasteiger partial charge on any atom is 0.255 e. The molecule has 24 heavy (non-hydrogen) atoms. The first-order valence-corrected chi connectivity index (χ1v) is 7.76. The molecule has 1 aliphatic heterocycles. The zero-order valence-electron chi connectivity index (χ0n) is 14.1. The summed E-state index contributed by atoms with van der Waals surface area (Å²) in [5.74, 6) is -1.08. The van der Waals surface area contributed by atoms with Crippen LogP contribution in [0.1, 0.15) is 17.3 Å². The van der Waals surface area contributed by atoms with Crippen LogP contribution in [0.3, 0.4) is 0 Å². The first kappa shape index (κ1) is 17.7. The second-order valence-electron chi connectivity index (χ2n) is 5.89. The minimum Gasteiger partial charge on any atom is -0.359 e. The van der Waals surface area contributed by atoms with Crippen molar-refractivity contribution in [3.05, 3.63) is 34.2 Å². The summed E-state index contributed by atoms with van der Waals surface area (Å²) in [5, 5.41) is 2.58. The minimum atomic E-state index is -0.488. The molecule has 0 spiro atoms. The fourth-order valence-corrected chi connectivity index (χ4v) is 2.76. The van der Waals surface area contributed by atoms with Crippen molar-refractivity contribution in [2.75, 3.05) is 33.2 Å². The third-order valence-electron chi connectivity index (χ3n) is 4.20. The van der Waals surface area contributed by atoms with E-state index in [1.165, 1.54) is 36.9 Å². The molecule has 130 valence electrons. The summed E-state index contributed by atoms with van der Waals surface area (Å²) in [7, 11) is 3.11. The molecule has 1 N–H and O–H groups in total. The van der Waals surface area contributed by atoms with Gasteiger partial charge in [-0.05, 0) is 6.07 Å². The van der Waals surface area contributed by atoms with Crippen LogP contribution < -0.4 is 10.9 Å². The zero-order valence-corrected chi connectivity index (χ0v) is 14.1. The Balaban J connectivity index is 2.25. The molecule has 1 fully saturated rings. The van der Waals surface area contributed by atoms with Crippen molar-refractivity contribution in [2.45, 2.75) is 6.92 Å². The van der Waals surface area contributed by atoms with E-state index in [0.717, 1.165) is 0 Å². The van der Waals surface area contributed by atoms with Crippen LogP contribution in [0.2, 0.25) is 0 Å². The summed E-state index contributed by atoms with van der Waals surface area (Å²) in [6, 6.07) is 2.82. The standard InChI is InChI=1S/C16H22N4O4/c1-11(21)19-6-7-20(10-13(9-19)15(23)17-2)16(24)12-4-5-14(22)18(3)8-12/h4-5,8,13H,6-7,9-10H2,1-3H3,(H,17,23). The van der Waals surface area contributed by atoms with Crippen LogP contribution in [0.4, 0.5) is 0 Å². The van der Waals surface area contributed by atoms with Gasteiger partial charge in [0.25, 0.3) is 5.91 Å². The molecule has 2 rings (SSSR count). The molecular weight excluding hydrogens is 312 g/mol. The number of rotatable bonds is 2. The van der Waals surface area contributed by atoms with Gasteiger partial charge in [0, 0.05) is 59.5 Å². The average molecular weight is 334 g/mol. The van der Waals surface area contributed by atoms with Crippen LogP contribution in [-0.4, -0.2) is 65.3 Å². The van der Waals surface area contributed by atoms with E-state index >= 15 is 0 Å². The molecule has 3 amide bonds. The molecule has 8 nitrogen and oxygen atoms in total. The second kappa shape index (κ2) is 7.29. The number of hydrogen-bond acceptors (Lipinski definition) is 4. The van der Waals surface area contributed by atoms with Crippen molar-refractivity contribution in [1.82, 2.24) is 19.7 Å². The molecule has 1 aromatic rings. The Morgan fingerprint density at radius 1 is 1.12 bits per heavy atom. The van der Waals surface area contributed by atoms with Crippen molar-refractivity contribution < 1.29 is 14.4 Å². The van der Waals surface area contributed by atoms with E-state index in [2.05, 4.69) is 5.32 Å². The SMILES string of the molecule is CNC(=O)C1CN(C(C)=O)CCN(C(=O)c2ccc(=O)n(C)c2)C1. The Bertz CT molecular complexity index is 712. The molecule has 0 saturated carbocycles. The first-order chi connectivity index (χ1) is 11.3. The molecule has 1 aromatic heterocycles. The van der Waals surface area contributed by atoms with Gasteiger partial charge in [0.05, 0.1) is 11.5 Å². The number of amides is 3. The van der Waals surface area contributed by atoms with Gasteiger partial charge >= 0.3 is 0 Å². The van der Waals surface area contributed by atoms with Gasteiger partial charge in [-0.1, -0.05) is 0 Å². The van der Waals surface area contributed by atoms with Crippen LogP contribution in [0.15, 0.2) is 23.1 Å². The van der Waals surface area contributed by atoms with Crippen molar-refractivity contribution >= 4 is 17.7 Å². The summed E-state index contributed by atoms with van der Waals surface area (Å²) in [4.78, 5) is 51.1. The predicted molar refractivity (Wildman–Crippen MR) is 87.4 cm³/mol. The van der Waals surface area contributed by atoms with Gasteiger partial charge in [-0.2, -0.15) is 0 Å². The number of carbonyl (C=O) groups is 3. The Labute approximate surface area is 140 Å². The van der Waals surface area contributed by atoms with Crippen molar-refractivity contribution in [2.24, 2.45) is 13.0 Å². The molecule has 2 heterocycles. The lowest BCUT2D eigenvalue weighted by Gasteiger charge is -2.23. The highest BCUT2D eigenvalue weighted by molar-refractivity contribution is 5.94. The fourth-order valence-electron chi connectivity index (χ4n) is 2.76. The number of aryl methyl sites for hydroxylation is 1. The van der Waals surface area contributed by atoms with E-state index in [1.54, 1.807) is 16.8 Å². The van der Waals surface area contributed by atoms with E-state index in [9.17, 15) is 19.2 Å². The Kier molecular flexibility index (Phi) is 5.38. The largest absolute Gasteiger partial charge is 0.359 e. The van der Waals surface area contributed by atoms with E-state index in [1.807, 2.05) is 0 Å². The Hall–Kier alpha value is -2.64. The summed E-state index contributed by atoms with van der Waals surface area (Å²) >= 11 is 0. The van der Waals surface area contributed by atoms with Gasteiger partial charge in [0.15, 0.2) is 0 Å². The summed E-state index contributed by atoms with van der Waals surface area (Å²) in [5.41, 5.74) is 0.178. The lowest BCUT2D eigenvalue weighted by Crippen LogP contribution is -2.42. The molecule has 0 radical (unpaired) electrons. The number of pyridine rings is 1. The van der Waals surface area contributed by atoms with E-state index < -0.39 is 5.92 Å². The van der Waals surface area contributed by atoms with Crippen molar-refractivity contribution in [3.63, 3.8) is 0 Å². The van der Waals surface area contributed by atoms with Crippen molar-refractivity contribution in [3.8, 4) is 0 Å². The second-order valence-corrected chi connectivity index (χ2v) is 5.89. The zero-order chi connectivity index (χ0) is 17.9. The van der Waals surface area contributed by atoms with Crippen LogP contribution in [0, 0.1) is 5.92 Å². The van der Waals surface area contributed by atoms with Crippen LogP contribution in [-0.2, 0) is 16.6 Å². The third-order valence-corrected chi connectivity index (χ3v) is 4.20. The highest BCUT2D eigenvalue weighted by Gasteiger charge is 2.31. The van der Waals surface area contributed by atoms with Crippen LogP contribution >= 0.6 is 0 Å². The third kappa shape index (κ3) is 3.81. The number of aromatic nitrogens is 1. The molecule has 1 saturated heterocycles. The summed E-state index contributed by atoms with van der Waals surface area (Å²) < 4.78 is 1.34. The Morgan fingerprint density at radius 3 is 2.33 bits per heavy atom. The molecule has 1 unspecified atom stereocenters. The molecule has 0 bridgehead atoms. The predicted octanol–water partition coefficient (Wildman–Crippen LogP) is -0.948. The molecular formula is C16H22N4O4. The maximum absolute atomic E-state index is 12.7. The maximum atomic E-state index is 12.7. The van der Waals surface area contributed by atoms with Gasteiger partial charge in [-0.25, -0.2) is 0 Å². The van der Waals surface area contributed by atoms with E-state index in [-0.39, 0.29) is 36.4 Å². The molecule has 1 atom stereocenters. The molecule has 0 aromatic carbocycles. The van der Waals surface area contributed by atoms with Gasteiger partial charge < -0.3 is 19.7 Å². The number of nitrogens with zero attached hydrogens (tertiary/aromatic N) is 3. The summed E-state index contributed by atoms with van der Waals surface area (Å²) in [6.07, 6.45) is 1.48. The average Bonchev–Trinajstić information content (AvgIpc) is 2.79. The fraction of sp³-hybridized carbons (Fsp3) is 0.500. The number of nitrogens with one attached hydrogen (secondary N) is 1. The monoisotopic (exact) mass is 334 g/mol. The van der Waals surface area contributed by atoms with Gasteiger partial charge in [-0.15, -0.1) is 0 Å². The smallest absolute Gasteiger partial charge is 0.255 e. The van der Waals surface area contributed by atoms with Gasteiger partial charge in [-0.3, -0.25) is 19.2 Å². The minimum absolute atomic E-state index is 0.125. The lowest BCUT2D eigenvalue weighted by molar-refractivity contribution is -0.130. The van der Waals surface area contributed by atoms with Crippen molar-refractivity contribution in [1.29, 1.82) is 0 Å². The van der Waals surface area contributed by atoms with E-state index in [4.69, 9.17) is 0 Å². The Morgan fingerprint density at radius 2 is 1.75 bits per heavy atom. The number of hydrogen-bond donors (Lipinski definition) is 1. The number of carbonyl (C=O) groups excluding carboxylic acids is 3. The molecule has 8 heteroatoms. The van der Waals surface area contributed by atoms with Crippen LogP contribution in [0.5, 0.6) is 0 Å². The van der Waals surface area contributed by atoms with Crippen LogP contribution in [0.25, 0.3) is 0 Å². The van der Waals surface area contributed by atoms with E-state index in [0.29, 0.717) is 18.7 Å².